The van der Waals surface area contributed by atoms with Crippen LogP contribution in [0.1, 0.15) is 18.9 Å². The van der Waals surface area contributed by atoms with Gasteiger partial charge < -0.3 is 4.90 Å². The molecule has 0 N–H and O–H groups in total. The van der Waals surface area contributed by atoms with Gasteiger partial charge in [-0.1, -0.05) is 18.2 Å². The lowest BCUT2D eigenvalue weighted by Gasteiger charge is -2.29. The smallest absolute Gasteiger partial charge is 0.274 e. The number of hydrogen-bond acceptors (Lipinski definition) is 3. The third-order valence-corrected chi connectivity index (χ3v) is 3.75. The molecule has 1 aromatic carbocycles. The predicted octanol–water partition coefficient (Wildman–Crippen LogP) is 1.66. The molecule has 0 radical (unpaired) electrons. The number of nitrogens with zero attached hydrogens (tertiary/aromatic N) is 3. The Morgan fingerprint density at radius 1 is 1.22 bits per heavy atom. The van der Waals surface area contributed by atoms with Gasteiger partial charge in [0.1, 0.15) is 0 Å². The molecule has 1 aromatic heterocycles. The van der Waals surface area contributed by atoms with Crippen molar-refractivity contribution >= 4 is 10.8 Å². The Bertz CT molecular complexity index is 612. The Morgan fingerprint density at radius 2 is 1.94 bits per heavy atom. The first-order valence-electron chi connectivity index (χ1n) is 6.41. The number of piperidine rings is 1. The first-order valence-corrected chi connectivity index (χ1v) is 6.41. The van der Waals surface area contributed by atoms with Gasteiger partial charge in [0, 0.05) is 5.39 Å². The van der Waals surface area contributed by atoms with E-state index >= 15 is 0 Å². The van der Waals surface area contributed by atoms with Crippen molar-refractivity contribution in [1.82, 2.24) is 14.7 Å². The van der Waals surface area contributed by atoms with E-state index in [2.05, 4.69) is 17.0 Å². The van der Waals surface area contributed by atoms with Crippen LogP contribution in [0.15, 0.2) is 35.3 Å². The van der Waals surface area contributed by atoms with E-state index in [1.54, 1.807) is 10.9 Å². The molecule has 3 rings (SSSR count). The molecule has 1 fully saturated rings. The highest BCUT2D eigenvalue weighted by Crippen LogP contribution is 2.19. The zero-order valence-electron chi connectivity index (χ0n) is 10.5. The summed E-state index contributed by atoms with van der Waals surface area (Å²) in [6, 6.07) is 7.90. The molecule has 0 unspecified atom stereocenters. The maximum absolute atomic E-state index is 12.4. The molecule has 4 heteroatoms. The van der Waals surface area contributed by atoms with Crippen LogP contribution in [0.25, 0.3) is 10.8 Å². The van der Waals surface area contributed by atoms with Crippen LogP contribution < -0.4 is 5.56 Å². The topological polar surface area (TPSA) is 38.1 Å². The van der Waals surface area contributed by atoms with E-state index in [1.807, 2.05) is 24.3 Å². The Labute approximate surface area is 106 Å². The summed E-state index contributed by atoms with van der Waals surface area (Å²) in [5.41, 5.74) is 0.0441. The Balaban J connectivity index is 2.02. The van der Waals surface area contributed by atoms with E-state index in [1.165, 1.54) is 0 Å². The number of hydrogen-bond donors (Lipinski definition) is 0. The molecular weight excluding hydrogens is 226 g/mol. The highest BCUT2D eigenvalue weighted by atomic mass is 16.1. The summed E-state index contributed by atoms with van der Waals surface area (Å²) in [6.07, 6.45) is 3.80. The minimum atomic E-state index is 0.0441. The molecule has 2 heterocycles. The molecule has 4 nitrogen and oxygen atoms in total. The van der Waals surface area contributed by atoms with Gasteiger partial charge in [0.2, 0.25) is 0 Å². The number of benzene rings is 1. The highest BCUT2D eigenvalue weighted by Gasteiger charge is 2.20. The lowest BCUT2D eigenvalue weighted by molar-refractivity contribution is 0.209. The molecule has 1 aliphatic heterocycles. The third kappa shape index (κ3) is 1.93. The average molecular weight is 243 g/mol. The second-order valence-electron chi connectivity index (χ2n) is 5.02. The fourth-order valence-corrected chi connectivity index (χ4v) is 2.60. The fraction of sp³-hybridized carbons (Fsp3) is 0.429. The molecule has 2 aromatic rings. The van der Waals surface area contributed by atoms with E-state index < -0.39 is 0 Å². The molecule has 0 spiro atoms. The molecule has 0 atom stereocenters. The highest BCUT2D eigenvalue weighted by molar-refractivity contribution is 5.80. The van der Waals surface area contributed by atoms with E-state index in [4.69, 9.17) is 0 Å². The number of rotatable bonds is 1. The van der Waals surface area contributed by atoms with Gasteiger partial charge in [-0.25, -0.2) is 4.68 Å². The standard InChI is InChI=1S/C14H17N3O/c1-16-8-6-12(7-9-16)17-14(18)13-5-3-2-4-11(13)10-15-17/h2-5,10,12H,6-9H2,1H3. The second kappa shape index (κ2) is 4.53. The Morgan fingerprint density at radius 3 is 2.72 bits per heavy atom. The van der Waals surface area contributed by atoms with E-state index in [0.717, 1.165) is 36.7 Å². The van der Waals surface area contributed by atoms with Crippen molar-refractivity contribution < 1.29 is 0 Å². The Kier molecular flexibility index (Phi) is 2.88. The average Bonchev–Trinajstić information content (AvgIpc) is 2.41. The first kappa shape index (κ1) is 11.4. The second-order valence-corrected chi connectivity index (χ2v) is 5.02. The van der Waals surface area contributed by atoms with Crippen LogP contribution in [-0.2, 0) is 0 Å². The lowest BCUT2D eigenvalue weighted by atomic mass is 10.1. The van der Waals surface area contributed by atoms with Crippen molar-refractivity contribution in [2.24, 2.45) is 0 Å². The van der Waals surface area contributed by atoms with Gasteiger partial charge in [-0.3, -0.25) is 4.79 Å². The molecule has 0 amide bonds. The SMILES string of the molecule is CN1CCC(n2ncc3ccccc3c2=O)CC1. The zero-order chi connectivity index (χ0) is 12.5. The van der Waals surface area contributed by atoms with Crippen molar-refractivity contribution in [3.8, 4) is 0 Å². The Hall–Kier alpha value is -1.68. The number of aromatic nitrogens is 2. The lowest BCUT2D eigenvalue weighted by Crippen LogP contribution is -2.36. The molecule has 0 aliphatic carbocycles. The normalized spacial score (nSPS) is 18.3. The summed E-state index contributed by atoms with van der Waals surface area (Å²) in [5, 5.41) is 6.03. The largest absolute Gasteiger partial charge is 0.306 e. The van der Waals surface area contributed by atoms with Crippen LogP contribution in [-0.4, -0.2) is 34.8 Å². The van der Waals surface area contributed by atoms with Crippen LogP contribution in [0.4, 0.5) is 0 Å². The molecule has 1 saturated heterocycles. The molecule has 0 saturated carbocycles. The minimum absolute atomic E-state index is 0.0441. The quantitative estimate of drug-likeness (QED) is 0.764. The maximum atomic E-state index is 12.4. The first-order chi connectivity index (χ1) is 8.75. The third-order valence-electron chi connectivity index (χ3n) is 3.75. The van der Waals surface area contributed by atoms with Crippen molar-refractivity contribution in [3.63, 3.8) is 0 Å². The van der Waals surface area contributed by atoms with E-state index in [9.17, 15) is 4.79 Å². The summed E-state index contributed by atoms with van der Waals surface area (Å²) in [6.45, 7) is 2.07. The van der Waals surface area contributed by atoms with Gasteiger partial charge in [-0.15, -0.1) is 0 Å². The summed E-state index contributed by atoms with van der Waals surface area (Å²) >= 11 is 0. The molecule has 94 valence electrons. The number of likely N-dealkylation sites (tertiary alicyclic amines) is 1. The van der Waals surface area contributed by atoms with Crippen LogP contribution in [0.2, 0.25) is 0 Å². The monoisotopic (exact) mass is 243 g/mol. The van der Waals surface area contributed by atoms with Crippen molar-refractivity contribution in [2.45, 2.75) is 18.9 Å². The van der Waals surface area contributed by atoms with Crippen LogP contribution in [0, 0.1) is 0 Å². The molecular formula is C14H17N3O. The van der Waals surface area contributed by atoms with E-state index in [0.29, 0.717) is 0 Å². The van der Waals surface area contributed by atoms with Crippen LogP contribution >= 0.6 is 0 Å². The van der Waals surface area contributed by atoms with Gasteiger partial charge in [-0.2, -0.15) is 5.10 Å². The predicted molar refractivity (Wildman–Crippen MR) is 71.8 cm³/mol. The van der Waals surface area contributed by atoms with E-state index in [-0.39, 0.29) is 11.6 Å². The number of fused-ring (bicyclic) bond motifs is 1. The van der Waals surface area contributed by atoms with Crippen molar-refractivity contribution in [1.29, 1.82) is 0 Å². The van der Waals surface area contributed by atoms with Crippen molar-refractivity contribution in [3.05, 3.63) is 40.8 Å². The summed E-state index contributed by atoms with van der Waals surface area (Å²) in [5.74, 6) is 0. The summed E-state index contributed by atoms with van der Waals surface area (Å²) in [7, 11) is 2.12. The van der Waals surface area contributed by atoms with Gasteiger partial charge in [0.05, 0.1) is 17.6 Å². The van der Waals surface area contributed by atoms with Crippen LogP contribution in [0.3, 0.4) is 0 Å². The molecule has 0 bridgehead atoms. The summed E-state index contributed by atoms with van der Waals surface area (Å²) in [4.78, 5) is 14.7. The van der Waals surface area contributed by atoms with Gasteiger partial charge in [0.15, 0.2) is 0 Å². The van der Waals surface area contributed by atoms with Crippen LogP contribution in [0.5, 0.6) is 0 Å². The minimum Gasteiger partial charge on any atom is -0.306 e. The maximum Gasteiger partial charge on any atom is 0.274 e. The molecule has 18 heavy (non-hydrogen) atoms. The van der Waals surface area contributed by atoms with Crippen molar-refractivity contribution in [2.75, 3.05) is 20.1 Å². The van der Waals surface area contributed by atoms with Gasteiger partial charge in [0.25, 0.3) is 5.56 Å². The van der Waals surface area contributed by atoms with Gasteiger partial charge >= 0.3 is 0 Å². The zero-order valence-corrected chi connectivity index (χ0v) is 10.5. The van der Waals surface area contributed by atoms with Gasteiger partial charge in [-0.05, 0) is 39.0 Å². The fourth-order valence-electron chi connectivity index (χ4n) is 2.60. The molecule has 1 aliphatic rings. The summed E-state index contributed by atoms with van der Waals surface area (Å²) < 4.78 is 1.68.